The van der Waals surface area contributed by atoms with E-state index in [1.54, 1.807) is 0 Å². The Morgan fingerprint density at radius 3 is 2.36 bits per heavy atom. The second-order valence-electron chi connectivity index (χ2n) is 3.91. The first kappa shape index (κ1) is 13.4. The van der Waals surface area contributed by atoms with Gasteiger partial charge >= 0.3 is 0 Å². The van der Waals surface area contributed by atoms with Crippen LogP contribution in [0.2, 0.25) is 0 Å². The van der Waals surface area contributed by atoms with Crippen LogP contribution in [-0.2, 0) is 4.79 Å². The summed E-state index contributed by atoms with van der Waals surface area (Å²) in [6, 6.07) is 0. The molecule has 0 aromatic rings. The van der Waals surface area contributed by atoms with Gasteiger partial charge in [-0.2, -0.15) is 0 Å². The zero-order chi connectivity index (χ0) is 11.0. The van der Waals surface area contributed by atoms with Crippen molar-refractivity contribution in [1.29, 1.82) is 0 Å². The van der Waals surface area contributed by atoms with Gasteiger partial charge in [-0.15, -0.1) is 0 Å². The highest BCUT2D eigenvalue weighted by atomic mass is 16.1. The van der Waals surface area contributed by atoms with E-state index in [0.29, 0.717) is 11.8 Å². The molecule has 0 aliphatic heterocycles. The first-order chi connectivity index (χ1) is 6.75. The lowest BCUT2D eigenvalue weighted by Crippen LogP contribution is -2.12. The molecular weight excluding hydrogens is 172 g/mol. The van der Waals surface area contributed by atoms with Gasteiger partial charge < -0.3 is 0 Å². The van der Waals surface area contributed by atoms with Crippen LogP contribution in [0.1, 0.15) is 52.9 Å². The summed E-state index contributed by atoms with van der Waals surface area (Å²) in [5, 5.41) is 0. The molecule has 14 heavy (non-hydrogen) atoms. The maximum atomic E-state index is 10.6. The second kappa shape index (κ2) is 7.78. The third-order valence-electron chi connectivity index (χ3n) is 2.99. The van der Waals surface area contributed by atoms with Crippen molar-refractivity contribution in [2.75, 3.05) is 0 Å². The second-order valence-corrected chi connectivity index (χ2v) is 3.91. The van der Waals surface area contributed by atoms with Crippen LogP contribution in [0.4, 0.5) is 0 Å². The lowest BCUT2D eigenvalue weighted by Gasteiger charge is -2.20. The fourth-order valence-electron chi connectivity index (χ4n) is 2.13. The largest absolute Gasteiger partial charge is 0.298 e. The molecule has 0 unspecified atom stereocenters. The maximum Gasteiger partial charge on any atom is 0.145 e. The number of allylic oxidation sites excluding steroid dienone is 1. The molecule has 0 spiro atoms. The molecule has 0 amide bonds. The summed E-state index contributed by atoms with van der Waals surface area (Å²) >= 11 is 0. The van der Waals surface area contributed by atoms with Gasteiger partial charge in [-0.25, -0.2) is 0 Å². The van der Waals surface area contributed by atoms with Crippen LogP contribution in [-0.4, -0.2) is 6.29 Å². The molecule has 0 radical (unpaired) electrons. The SMILES string of the molecule is C=C(C=O)[C@@H]1CCCCC[C@H]1C.CC. The number of carbonyl (C=O) groups is 1. The normalized spacial score (nSPS) is 26.8. The summed E-state index contributed by atoms with van der Waals surface area (Å²) in [5.41, 5.74) is 0.810. The van der Waals surface area contributed by atoms with E-state index in [9.17, 15) is 4.79 Å². The van der Waals surface area contributed by atoms with Gasteiger partial charge in [0.25, 0.3) is 0 Å². The van der Waals surface area contributed by atoms with Crippen molar-refractivity contribution in [3.63, 3.8) is 0 Å². The number of rotatable bonds is 2. The predicted molar refractivity (Wildman–Crippen MR) is 62.3 cm³/mol. The predicted octanol–water partition coefficient (Wildman–Crippen LogP) is 3.98. The molecular formula is C13H24O. The topological polar surface area (TPSA) is 17.1 Å². The summed E-state index contributed by atoms with van der Waals surface area (Å²) in [6.45, 7) is 10.1. The monoisotopic (exact) mass is 196 g/mol. The van der Waals surface area contributed by atoms with Gasteiger partial charge in [-0.05, 0) is 23.8 Å². The van der Waals surface area contributed by atoms with Crippen molar-refractivity contribution in [2.45, 2.75) is 52.9 Å². The van der Waals surface area contributed by atoms with E-state index in [-0.39, 0.29) is 0 Å². The molecule has 0 saturated heterocycles. The van der Waals surface area contributed by atoms with E-state index in [1.807, 2.05) is 13.8 Å². The zero-order valence-corrected chi connectivity index (χ0v) is 9.88. The Morgan fingerprint density at radius 1 is 1.21 bits per heavy atom. The summed E-state index contributed by atoms with van der Waals surface area (Å²) in [5.74, 6) is 1.12. The molecule has 1 rings (SSSR count). The molecule has 82 valence electrons. The van der Waals surface area contributed by atoms with Crippen molar-refractivity contribution in [3.05, 3.63) is 12.2 Å². The number of carbonyl (C=O) groups excluding carboxylic acids is 1. The first-order valence-corrected chi connectivity index (χ1v) is 5.89. The van der Waals surface area contributed by atoms with E-state index in [0.717, 1.165) is 11.9 Å². The molecule has 0 aromatic heterocycles. The van der Waals surface area contributed by atoms with Crippen LogP contribution >= 0.6 is 0 Å². The van der Waals surface area contributed by atoms with E-state index < -0.39 is 0 Å². The van der Waals surface area contributed by atoms with Gasteiger partial charge in [0.1, 0.15) is 6.29 Å². The Balaban J connectivity index is 0.000000791. The molecule has 0 bridgehead atoms. The molecule has 2 atom stereocenters. The highest BCUT2D eigenvalue weighted by Crippen LogP contribution is 2.31. The van der Waals surface area contributed by atoms with Crippen LogP contribution < -0.4 is 0 Å². The Labute approximate surface area is 88.6 Å². The van der Waals surface area contributed by atoms with Crippen molar-refractivity contribution in [3.8, 4) is 0 Å². The Bertz CT molecular complexity index is 172. The molecule has 1 saturated carbocycles. The number of aldehydes is 1. The summed E-state index contributed by atoms with van der Waals surface area (Å²) in [7, 11) is 0. The Hall–Kier alpha value is -0.590. The molecule has 1 nitrogen and oxygen atoms in total. The van der Waals surface area contributed by atoms with Crippen LogP contribution in [0.3, 0.4) is 0 Å². The van der Waals surface area contributed by atoms with Gasteiger partial charge in [-0.1, -0.05) is 53.0 Å². The lowest BCUT2D eigenvalue weighted by atomic mass is 9.85. The molecule has 0 heterocycles. The fourth-order valence-corrected chi connectivity index (χ4v) is 2.13. The van der Waals surface area contributed by atoms with Crippen molar-refractivity contribution in [1.82, 2.24) is 0 Å². The summed E-state index contributed by atoms with van der Waals surface area (Å²) < 4.78 is 0. The molecule has 1 fully saturated rings. The van der Waals surface area contributed by atoms with E-state index in [1.165, 1.54) is 32.1 Å². The molecule has 1 aliphatic carbocycles. The minimum atomic E-state index is 0.463. The van der Waals surface area contributed by atoms with Gasteiger partial charge in [-0.3, -0.25) is 4.79 Å². The standard InChI is InChI=1S/C11H18O.C2H6/c1-9-6-4-3-5-7-11(9)10(2)8-12;1-2/h8-9,11H,2-7H2,1H3;1-2H3/t9-,11-;/m1./s1. The quantitative estimate of drug-likeness (QED) is 0.371. The average Bonchev–Trinajstić information content (AvgIpc) is 2.45. The Kier molecular flexibility index (Phi) is 7.45. The third kappa shape index (κ3) is 4.08. The first-order valence-electron chi connectivity index (χ1n) is 5.89. The highest BCUT2D eigenvalue weighted by molar-refractivity contribution is 5.72. The highest BCUT2D eigenvalue weighted by Gasteiger charge is 2.21. The number of hydrogen-bond acceptors (Lipinski definition) is 1. The van der Waals surface area contributed by atoms with Crippen LogP contribution in [0.25, 0.3) is 0 Å². The average molecular weight is 196 g/mol. The number of hydrogen-bond donors (Lipinski definition) is 0. The van der Waals surface area contributed by atoms with Crippen molar-refractivity contribution < 1.29 is 4.79 Å². The van der Waals surface area contributed by atoms with Crippen LogP contribution in [0.5, 0.6) is 0 Å². The molecule has 0 N–H and O–H groups in total. The minimum absolute atomic E-state index is 0.463. The molecule has 1 aliphatic rings. The van der Waals surface area contributed by atoms with E-state index in [4.69, 9.17) is 0 Å². The summed E-state index contributed by atoms with van der Waals surface area (Å²) in [6.07, 6.45) is 7.28. The van der Waals surface area contributed by atoms with Gasteiger partial charge in [0.2, 0.25) is 0 Å². The van der Waals surface area contributed by atoms with Crippen molar-refractivity contribution in [2.24, 2.45) is 11.8 Å². The maximum absolute atomic E-state index is 10.6. The smallest absolute Gasteiger partial charge is 0.145 e. The van der Waals surface area contributed by atoms with Gasteiger partial charge in [0.05, 0.1) is 0 Å². The van der Waals surface area contributed by atoms with Crippen LogP contribution in [0.15, 0.2) is 12.2 Å². The molecule has 0 aromatic carbocycles. The summed E-state index contributed by atoms with van der Waals surface area (Å²) in [4.78, 5) is 10.6. The molecule has 1 heteroatoms. The van der Waals surface area contributed by atoms with E-state index in [2.05, 4.69) is 13.5 Å². The van der Waals surface area contributed by atoms with Gasteiger partial charge in [0.15, 0.2) is 0 Å². The lowest BCUT2D eigenvalue weighted by molar-refractivity contribution is -0.105. The van der Waals surface area contributed by atoms with Crippen molar-refractivity contribution >= 4 is 6.29 Å². The zero-order valence-electron chi connectivity index (χ0n) is 9.88. The minimum Gasteiger partial charge on any atom is -0.298 e. The van der Waals surface area contributed by atoms with Crippen LogP contribution in [0, 0.1) is 11.8 Å². The third-order valence-corrected chi connectivity index (χ3v) is 2.99. The Morgan fingerprint density at radius 2 is 1.79 bits per heavy atom. The fraction of sp³-hybridized carbons (Fsp3) is 0.769. The van der Waals surface area contributed by atoms with E-state index >= 15 is 0 Å². The van der Waals surface area contributed by atoms with Gasteiger partial charge in [0, 0.05) is 0 Å².